The first-order valence-corrected chi connectivity index (χ1v) is 12.2. The van der Waals surface area contributed by atoms with Crippen LogP contribution in [0.15, 0.2) is 24.3 Å². The van der Waals surface area contributed by atoms with Gasteiger partial charge in [0.2, 0.25) is 11.8 Å². The number of nitrogens with one attached hydrogen (secondary N) is 2. The molecule has 8 nitrogen and oxygen atoms in total. The molecular weight excluding hydrogens is 434 g/mol. The fraction of sp³-hybridized carbons (Fsp3) is 0.654. The Hall–Kier alpha value is -2.77. The maximum absolute atomic E-state index is 13.8. The smallest absolute Gasteiger partial charge is 0.408 e. The molecule has 0 spiro atoms. The summed E-state index contributed by atoms with van der Waals surface area (Å²) in [7, 11) is 0. The summed E-state index contributed by atoms with van der Waals surface area (Å²) in [6.45, 7) is 15.0. The molecule has 192 valence electrons. The van der Waals surface area contributed by atoms with Crippen LogP contribution in [0, 0.1) is 5.92 Å². The third kappa shape index (κ3) is 8.88. The van der Waals surface area contributed by atoms with Gasteiger partial charge in [-0.3, -0.25) is 9.59 Å². The van der Waals surface area contributed by atoms with Gasteiger partial charge in [0.05, 0.1) is 0 Å². The predicted molar refractivity (Wildman–Crippen MR) is 133 cm³/mol. The van der Waals surface area contributed by atoms with Crippen LogP contribution < -0.4 is 10.6 Å². The number of hydrogen-bond donors (Lipinski definition) is 3. The van der Waals surface area contributed by atoms with E-state index in [1.54, 1.807) is 39.0 Å². The molecule has 3 N–H and O–H groups in total. The Bertz CT molecular complexity index is 819. The van der Waals surface area contributed by atoms with E-state index in [1.807, 2.05) is 34.6 Å². The van der Waals surface area contributed by atoms with Crippen LogP contribution in [0.2, 0.25) is 0 Å². The van der Waals surface area contributed by atoms with E-state index in [0.717, 1.165) is 12.8 Å². The lowest BCUT2D eigenvalue weighted by Crippen LogP contribution is -2.55. The van der Waals surface area contributed by atoms with Gasteiger partial charge in [-0.05, 0) is 52.5 Å². The number of ether oxygens (including phenoxy) is 1. The Morgan fingerprint density at radius 2 is 1.65 bits per heavy atom. The number of alkyl carbamates (subject to hydrolysis) is 1. The van der Waals surface area contributed by atoms with E-state index in [9.17, 15) is 19.5 Å². The van der Waals surface area contributed by atoms with Crippen molar-refractivity contribution in [1.29, 1.82) is 0 Å². The number of carbonyl (C=O) groups excluding carboxylic acids is 3. The second-order valence-corrected chi connectivity index (χ2v) is 10.1. The number of rotatable bonds is 11. The summed E-state index contributed by atoms with van der Waals surface area (Å²) in [5.41, 5.74) is -0.379. The molecule has 0 bridgehead atoms. The Labute approximate surface area is 204 Å². The zero-order chi connectivity index (χ0) is 26.1. The summed E-state index contributed by atoms with van der Waals surface area (Å²) in [5, 5.41) is 16.2. The van der Waals surface area contributed by atoms with Gasteiger partial charge in [0.1, 0.15) is 23.4 Å². The Balaban J connectivity index is 3.41. The average molecular weight is 478 g/mol. The van der Waals surface area contributed by atoms with Gasteiger partial charge in [0.25, 0.3) is 0 Å². The second-order valence-electron chi connectivity index (χ2n) is 10.1. The normalized spacial score (nSPS) is 14.1. The van der Waals surface area contributed by atoms with Crippen LogP contribution in [0.5, 0.6) is 5.75 Å². The molecule has 0 aliphatic rings. The maximum atomic E-state index is 13.8. The van der Waals surface area contributed by atoms with Gasteiger partial charge in [-0.1, -0.05) is 52.3 Å². The second kappa shape index (κ2) is 13.2. The molecular formula is C26H43N3O5. The third-order valence-electron chi connectivity index (χ3n) is 5.25. The summed E-state index contributed by atoms with van der Waals surface area (Å²) in [6, 6.07) is 4.48. The van der Waals surface area contributed by atoms with Crippen LogP contribution >= 0.6 is 0 Å². The number of nitrogens with zero attached hydrogens (tertiary/aromatic N) is 1. The van der Waals surface area contributed by atoms with Crippen molar-refractivity contribution in [3.8, 4) is 5.75 Å². The minimum absolute atomic E-state index is 0.0686. The van der Waals surface area contributed by atoms with Gasteiger partial charge in [0, 0.05) is 18.2 Å². The topological polar surface area (TPSA) is 108 Å². The highest BCUT2D eigenvalue weighted by Crippen LogP contribution is 2.30. The standard InChI is InChI=1S/C26H43N3O5/c1-9-13-18(5)27-23(31)22(19-14-11-12-15-20(19)30)29(16-10-2)24(32)21(17(3)4)28-25(33)34-26(6,7)8/h11-12,14-15,17-18,21-22,30H,9-10,13,16H2,1-8H3,(H,27,31)(H,28,33). The summed E-state index contributed by atoms with van der Waals surface area (Å²) in [5.74, 6) is -1.11. The van der Waals surface area contributed by atoms with Gasteiger partial charge < -0.3 is 25.4 Å². The molecule has 1 rings (SSSR count). The summed E-state index contributed by atoms with van der Waals surface area (Å²) < 4.78 is 5.36. The summed E-state index contributed by atoms with van der Waals surface area (Å²) >= 11 is 0. The van der Waals surface area contributed by atoms with Crippen molar-refractivity contribution >= 4 is 17.9 Å². The SMILES string of the molecule is CCCC(C)NC(=O)C(c1ccccc1O)N(CCC)C(=O)C(NC(=O)OC(C)(C)C)C(C)C. The minimum Gasteiger partial charge on any atom is -0.508 e. The highest BCUT2D eigenvalue weighted by atomic mass is 16.6. The molecule has 1 aromatic rings. The van der Waals surface area contributed by atoms with Crippen LogP contribution in [-0.2, 0) is 14.3 Å². The number of hydrogen-bond acceptors (Lipinski definition) is 5. The van der Waals surface area contributed by atoms with Crippen molar-refractivity contribution < 1.29 is 24.2 Å². The number of carbonyl (C=O) groups is 3. The zero-order valence-electron chi connectivity index (χ0n) is 22.0. The molecule has 0 fully saturated rings. The lowest BCUT2D eigenvalue weighted by atomic mass is 9.97. The molecule has 1 aromatic carbocycles. The van der Waals surface area contributed by atoms with Crippen molar-refractivity contribution in [3.05, 3.63) is 29.8 Å². The fourth-order valence-electron chi connectivity index (χ4n) is 3.73. The van der Waals surface area contributed by atoms with Crippen LogP contribution in [0.3, 0.4) is 0 Å². The molecule has 34 heavy (non-hydrogen) atoms. The highest BCUT2D eigenvalue weighted by Gasteiger charge is 2.38. The van der Waals surface area contributed by atoms with Crippen molar-refractivity contribution in [2.24, 2.45) is 5.92 Å². The Morgan fingerprint density at radius 3 is 2.15 bits per heavy atom. The number of amides is 3. The first-order chi connectivity index (χ1) is 15.8. The monoisotopic (exact) mass is 477 g/mol. The first kappa shape index (κ1) is 29.3. The average Bonchev–Trinajstić information content (AvgIpc) is 2.71. The van der Waals surface area contributed by atoms with Gasteiger partial charge in [0.15, 0.2) is 0 Å². The molecule has 0 aliphatic carbocycles. The Kier molecular flexibility index (Phi) is 11.4. The number of aromatic hydroxyl groups is 1. The zero-order valence-corrected chi connectivity index (χ0v) is 22.0. The molecule has 0 saturated heterocycles. The molecule has 3 unspecified atom stereocenters. The lowest BCUT2D eigenvalue weighted by molar-refractivity contribution is -0.143. The first-order valence-electron chi connectivity index (χ1n) is 12.2. The van der Waals surface area contributed by atoms with Crippen LogP contribution in [0.4, 0.5) is 4.79 Å². The molecule has 0 heterocycles. The number of para-hydroxylation sites is 1. The van der Waals surface area contributed by atoms with Crippen LogP contribution in [-0.4, -0.2) is 52.1 Å². The van der Waals surface area contributed by atoms with Gasteiger partial charge in [-0.2, -0.15) is 0 Å². The molecule has 8 heteroatoms. The van der Waals surface area contributed by atoms with Crippen molar-refractivity contribution in [1.82, 2.24) is 15.5 Å². The summed E-state index contributed by atoms with van der Waals surface area (Å²) in [6.07, 6.45) is 1.58. The number of phenols is 1. The van der Waals surface area contributed by atoms with E-state index in [2.05, 4.69) is 10.6 Å². The van der Waals surface area contributed by atoms with E-state index < -0.39 is 29.7 Å². The van der Waals surface area contributed by atoms with E-state index >= 15 is 0 Å². The van der Waals surface area contributed by atoms with Gasteiger partial charge in [-0.15, -0.1) is 0 Å². The molecule has 0 radical (unpaired) electrons. The number of benzene rings is 1. The lowest BCUT2D eigenvalue weighted by Gasteiger charge is -2.36. The molecule has 0 aromatic heterocycles. The predicted octanol–water partition coefficient (Wildman–Crippen LogP) is 4.53. The third-order valence-corrected chi connectivity index (χ3v) is 5.25. The minimum atomic E-state index is -1.05. The van der Waals surface area contributed by atoms with E-state index in [-0.39, 0.29) is 30.2 Å². The highest BCUT2D eigenvalue weighted by molar-refractivity contribution is 5.92. The summed E-state index contributed by atoms with van der Waals surface area (Å²) in [4.78, 5) is 41.2. The molecule has 3 atom stereocenters. The van der Waals surface area contributed by atoms with Crippen molar-refractivity contribution in [2.75, 3.05) is 6.54 Å². The Morgan fingerprint density at radius 1 is 1.03 bits per heavy atom. The van der Waals surface area contributed by atoms with Crippen molar-refractivity contribution in [2.45, 2.75) is 98.4 Å². The van der Waals surface area contributed by atoms with Crippen molar-refractivity contribution in [3.63, 3.8) is 0 Å². The molecule has 3 amide bonds. The molecule has 0 aliphatic heterocycles. The fourth-order valence-corrected chi connectivity index (χ4v) is 3.73. The van der Waals surface area contributed by atoms with Crippen LogP contribution in [0.1, 0.15) is 86.3 Å². The number of phenolic OH excluding ortho intramolecular Hbond substituents is 1. The largest absolute Gasteiger partial charge is 0.508 e. The maximum Gasteiger partial charge on any atom is 0.408 e. The van der Waals surface area contributed by atoms with Crippen LogP contribution in [0.25, 0.3) is 0 Å². The van der Waals surface area contributed by atoms with E-state index in [1.165, 1.54) is 11.0 Å². The quantitative estimate of drug-likeness (QED) is 0.434. The van der Waals surface area contributed by atoms with Gasteiger partial charge >= 0.3 is 6.09 Å². The molecule has 0 saturated carbocycles. The van der Waals surface area contributed by atoms with E-state index in [4.69, 9.17) is 4.74 Å². The van der Waals surface area contributed by atoms with E-state index in [0.29, 0.717) is 12.0 Å². The van der Waals surface area contributed by atoms with Gasteiger partial charge in [-0.25, -0.2) is 4.79 Å².